The molecule has 2 aromatic carbocycles. The van der Waals surface area contributed by atoms with E-state index in [9.17, 15) is 4.79 Å². The Hall–Kier alpha value is -2.24. The Morgan fingerprint density at radius 1 is 1.14 bits per heavy atom. The zero-order valence-electron chi connectivity index (χ0n) is 16.1. The summed E-state index contributed by atoms with van der Waals surface area (Å²) in [6, 6.07) is 13.1. The van der Waals surface area contributed by atoms with E-state index in [0.29, 0.717) is 35.2 Å². The quantitative estimate of drug-likeness (QED) is 0.327. The molecule has 0 aliphatic heterocycles. The van der Waals surface area contributed by atoms with Crippen LogP contribution < -0.4 is 15.1 Å². The molecule has 0 spiro atoms. The van der Waals surface area contributed by atoms with Gasteiger partial charge in [0.05, 0.1) is 17.8 Å². The second-order valence-electron chi connectivity index (χ2n) is 6.08. The number of halogens is 2. The van der Waals surface area contributed by atoms with Gasteiger partial charge in [0.2, 0.25) is 5.91 Å². The summed E-state index contributed by atoms with van der Waals surface area (Å²) in [7, 11) is 0. The van der Waals surface area contributed by atoms with E-state index < -0.39 is 0 Å². The fourth-order valence-corrected chi connectivity index (χ4v) is 3.06. The third-order valence-electron chi connectivity index (χ3n) is 4.12. The van der Waals surface area contributed by atoms with Gasteiger partial charge in [-0.1, -0.05) is 35.3 Å². The Labute approximate surface area is 176 Å². The van der Waals surface area contributed by atoms with Crippen molar-refractivity contribution in [1.82, 2.24) is 5.43 Å². The van der Waals surface area contributed by atoms with Crippen LogP contribution in [0, 0.1) is 0 Å². The lowest BCUT2D eigenvalue weighted by Gasteiger charge is -2.20. The van der Waals surface area contributed by atoms with Crippen LogP contribution in [0.2, 0.25) is 10.0 Å². The van der Waals surface area contributed by atoms with Crippen molar-refractivity contribution in [3.05, 3.63) is 58.1 Å². The number of hydrazone groups is 1. The number of amides is 1. The molecule has 150 valence electrons. The van der Waals surface area contributed by atoms with Crippen LogP contribution in [0.4, 0.5) is 5.69 Å². The fourth-order valence-electron chi connectivity index (χ4n) is 2.60. The summed E-state index contributed by atoms with van der Waals surface area (Å²) in [5.41, 5.74) is 4.63. The van der Waals surface area contributed by atoms with Crippen molar-refractivity contribution in [2.24, 2.45) is 5.10 Å². The minimum atomic E-state index is -0.165. The van der Waals surface area contributed by atoms with Gasteiger partial charge in [-0.2, -0.15) is 5.10 Å². The molecule has 0 aliphatic rings. The summed E-state index contributed by atoms with van der Waals surface area (Å²) in [5, 5.41) is 5.01. The molecule has 2 rings (SSSR count). The number of rotatable bonds is 10. The molecule has 0 aliphatic carbocycles. The highest BCUT2D eigenvalue weighted by Crippen LogP contribution is 2.27. The monoisotopic (exact) mass is 421 g/mol. The van der Waals surface area contributed by atoms with E-state index in [1.807, 2.05) is 12.1 Å². The van der Waals surface area contributed by atoms with Gasteiger partial charge in [-0.15, -0.1) is 0 Å². The largest absolute Gasteiger partial charge is 0.492 e. The first-order valence-electron chi connectivity index (χ1n) is 9.28. The maximum absolute atomic E-state index is 11.8. The minimum absolute atomic E-state index is 0.165. The number of nitrogens with one attached hydrogen (secondary N) is 1. The first-order chi connectivity index (χ1) is 13.5. The standard InChI is InChI=1S/C21H25Cl2N3O2/c1-3-26(4-2)18-10-7-16(8-11-18)15-24-25-21(27)6-5-13-28-20-12-9-17(22)14-19(20)23/h7-12,14-15H,3-6,13H2,1-2H3,(H,25,27). The molecule has 0 aromatic heterocycles. The van der Waals surface area contributed by atoms with Crippen LogP contribution in [0.3, 0.4) is 0 Å². The number of carbonyl (C=O) groups is 1. The number of hydrogen-bond acceptors (Lipinski definition) is 4. The molecule has 5 nitrogen and oxygen atoms in total. The zero-order chi connectivity index (χ0) is 20.4. The van der Waals surface area contributed by atoms with Gasteiger partial charge < -0.3 is 9.64 Å². The van der Waals surface area contributed by atoms with Crippen LogP contribution in [0.1, 0.15) is 32.3 Å². The SMILES string of the molecule is CCN(CC)c1ccc(C=NNC(=O)CCCOc2ccc(Cl)cc2Cl)cc1. The molecule has 28 heavy (non-hydrogen) atoms. The molecule has 0 saturated carbocycles. The number of hydrogen-bond donors (Lipinski definition) is 1. The molecule has 0 saturated heterocycles. The topological polar surface area (TPSA) is 53.9 Å². The predicted octanol–water partition coefficient (Wildman–Crippen LogP) is 5.15. The predicted molar refractivity (Wildman–Crippen MR) is 117 cm³/mol. The van der Waals surface area contributed by atoms with Gasteiger partial charge in [0.1, 0.15) is 5.75 Å². The summed E-state index contributed by atoms with van der Waals surface area (Å²) in [6.45, 7) is 6.57. The first-order valence-corrected chi connectivity index (χ1v) is 10.0. The summed E-state index contributed by atoms with van der Waals surface area (Å²) in [6.07, 6.45) is 2.50. The molecule has 0 unspecified atom stereocenters. The fraction of sp³-hybridized carbons (Fsp3) is 0.333. The van der Waals surface area contributed by atoms with Crippen molar-refractivity contribution in [1.29, 1.82) is 0 Å². The van der Waals surface area contributed by atoms with Gasteiger partial charge >= 0.3 is 0 Å². The van der Waals surface area contributed by atoms with Crippen molar-refractivity contribution >= 4 is 41.0 Å². The highest BCUT2D eigenvalue weighted by molar-refractivity contribution is 6.35. The van der Waals surface area contributed by atoms with E-state index in [0.717, 1.165) is 18.7 Å². The normalized spacial score (nSPS) is 10.9. The van der Waals surface area contributed by atoms with E-state index in [1.165, 1.54) is 5.69 Å². The lowest BCUT2D eigenvalue weighted by atomic mass is 10.2. The van der Waals surface area contributed by atoms with Crippen LogP contribution >= 0.6 is 23.2 Å². The summed E-state index contributed by atoms with van der Waals surface area (Å²) in [5.74, 6) is 0.388. The maximum Gasteiger partial charge on any atom is 0.240 e. The minimum Gasteiger partial charge on any atom is -0.492 e. The van der Waals surface area contributed by atoms with Crippen LogP contribution in [-0.2, 0) is 4.79 Å². The molecule has 1 amide bonds. The van der Waals surface area contributed by atoms with Crippen LogP contribution in [0.15, 0.2) is 47.6 Å². The molecule has 7 heteroatoms. The van der Waals surface area contributed by atoms with Crippen molar-refractivity contribution < 1.29 is 9.53 Å². The summed E-state index contributed by atoms with van der Waals surface area (Å²) in [4.78, 5) is 14.1. The molecule has 1 N–H and O–H groups in total. The number of nitrogens with zero attached hydrogens (tertiary/aromatic N) is 2. The maximum atomic E-state index is 11.8. The van der Waals surface area contributed by atoms with Gasteiger partial charge in [-0.25, -0.2) is 5.43 Å². The highest BCUT2D eigenvalue weighted by Gasteiger charge is 2.04. The van der Waals surface area contributed by atoms with Gasteiger partial charge in [0, 0.05) is 30.2 Å². The molecule has 0 atom stereocenters. The van der Waals surface area contributed by atoms with E-state index >= 15 is 0 Å². The lowest BCUT2D eigenvalue weighted by molar-refractivity contribution is -0.121. The Morgan fingerprint density at radius 3 is 2.50 bits per heavy atom. The molecule has 0 bridgehead atoms. The molecule has 2 aromatic rings. The van der Waals surface area contributed by atoms with Crippen molar-refractivity contribution in [2.45, 2.75) is 26.7 Å². The number of ether oxygens (including phenoxy) is 1. The molecule has 0 fully saturated rings. The molecular weight excluding hydrogens is 397 g/mol. The third-order valence-corrected chi connectivity index (χ3v) is 4.65. The van der Waals surface area contributed by atoms with Gasteiger partial charge in [-0.05, 0) is 56.2 Å². The first kappa shape index (κ1) is 22.1. The summed E-state index contributed by atoms with van der Waals surface area (Å²) >= 11 is 11.9. The second-order valence-corrected chi connectivity index (χ2v) is 6.93. The number of benzene rings is 2. The van der Waals surface area contributed by atoms with E-state index in [4.69, 9.17) is 27.9 Å². The van der Waals surface area contributed by atoms with Gasteiger partial charge in [0.25, 0.3) is 0 Å². The van der Waals surface area contributed by atoms with E-state index in [1.54, 1.807) is 24.4 Å². The summed E-state index contributed by atoms with van der Waals surface area (Å²) < 4.78 is 5.55. The van der Waals surface area contributed by atoms with Crippen molar-refractivity contribution in [3.63, 3.8) is 0 Å². The molecule has 0 heterocycles. The van der Waals surface area contributed by atoms with Crippen molar-refractivity contribution in [3.8, 4) is 5.75 Å². The lowest BCUT2D eigenvalue weighted by Crippen LogP contribution is -2.21. The Balaban J connectivity index is 1.70. The van der Waals surface area contributed by atoms with Gasteiger partial charge in [-0.3, -0.25) is 4.79 Å². The average Bonchev–Trinajstić information content (AvgIpc) is 2.69. The molecule has 0 radical (unpaired) electrons. The molecular formula is C21H25Cl2N3O2. The Kier molecular flexibility index (Phi) is 9.11. The van der Waals surface area contributed by atoms with Crippen molar-refractivity contribution in [2.75, 3.05) is 24.6 Å². The second kappa shape index (κ2) is 11.6. The highest BCUT2D eigenvalue weighted by atomic mass is 35.5. The zero-order valence-corrected chi connectivity index (χ0v) is 17.6. The van der Waals surface area contributed by atoms with Crippen LogP contribution in [-0.4, -0.2) is 31.8 Å². The average molecular weight is 422 g/mol. The van der Waals surface area contributed by atoms with E-state index in [-0.39, 0.29) is 5.91 Å². The van der Waals surface area contributed by atoms with Crippen LogP contribution in [0.5, 0.6) is 5.75 Å². The number of anilines is 1. The van der Waals surface area contributed by atoms with Gasteiger partial charge in [0.15, 0.2) is 0 Å². The Bertz CT molecular complexity index is 791. The smallest absolute Gasteiger partial charge is 0.240 e. The third kappa shape index (κ3) is 7.06. The number of carbonyl (C=O) groups excluding carboxylic acids is 1. The Morgan fingerprint density at radius 2 is 1.86 bits per heavy atom. The van der Waals surface area contributed by atoms with E-state index in [2.05, 4.69) is 41.4 Å². The van der Waals surface area contributed by atoms with Crippen LogP contribution in [0.25, 0.3) is 0 Å².